The monoisotopic (exact) mass is 836 g/mol. The Balaban J connectivity index is 2.64. The molecular formula is C43H81NO12S. The van der Waals surface area contributed by atoms with Gasteiger partial charge in [-0.1, -0.05) is 160 Å². The normalized spacial score (nSPS) is 22.0. The van der Waals surface area contributed by atoms with Crippen molar-refractivity contribution in [2.24, 2.45) is 0 Å². The SMILES string of the molecule is CCCCCCCC/C=C\CCCCC(O)C(=O)NC(COC1OC(CO)C(O)C(OS(=O)(=O)O)C1O)C(O)/C=C/CCCCCCCCCCCCCCCC. The summed E-state index contributed by atoms with van der Waals surface area (Å²) in [7, 11) is -5.12. The predicted octanol–water partition coefficient (Wildman–Crippen LogP) is 7.13. The molecule has 0 bridgehead atoms. The minimum atomic E-state index is -5.12. The van der Waals surface area contributed by atoms with Gasteiger partial charge in [0.15, 0.2) is 6.29 Å². The standard InChI is InChI=1S/C43H81NO12S/c1-3-5-7-9-11-13-15-17-18-19-20-22-23-25-27-29-31-36(46)35(34-54-43-40(49)41(56-57(51,52)53)39(48)38(33-45)55-43)44-42(50)37(47)32-30-28-26-24-21-16-14-12-10-8-6-4-2/h21,24,29,31,35-41,43,45-49H,3-20,22-23,25-28,30,32-34H2,1-2H3,(H,44,50)(H,51,52,53)/b24-21-,31-29+. The van der Waals surface area contributed by atoms with E-state index in [9.17, 15) is 38.7 Å². The highest BCUT2D eigenvalue weighted by molar-refractivity contribution is 7.80. The Morgan fingerprint density at radius 2 is 1.16 bits per heavy atom. The van der Waals surface area contributed by atoms with Crippen LogP contribution in [0.5, 0.6) is 0 Å². The third-order valence-electron chi connectivity index (χ3n) is 10.6. The molecule has 57 heavy (non-hydrogen) atoms. The van der Waals surface area contributed by atoms with Crippen LogP contribution < -0.4 is 5.32 Å². The molecule has 0 aromatic carbocycles. The first kappa shape index (κ1) is 53.6. The minimum absolute atomic E-state index is 0.213. The van der Waals surface area contributed by atoms with E-state index in [0.29, 0.717) is 12.8 Å². The zero-order valence-corrected chi connectivity index (χ0v) is 36.1. The van der Waals surface area contributed by atoms with Crippen LogP contribution in [0.25, 0.3) is 0 Å². The number of carbonyl (C=O) groups is 1. The van der Waals surface area contributed by atoms with Gasteiger partial charge in [0.05, 0.1) is 25.4 Å². The zero-order chi connectivity index (χ0) is 42.2. The number of aliphatic hydroxyl groups excluding tert-OH is 5. The lowest BCUT2D eigenvalue weighted by molar-refractivity contribution is -0.298. The lowest BCUT2D eigenvalue weighted by Crippen LogP contribution is -2.61. The smallest absolute Gasteiger partial charge is 0.394 e. The van der Waals surface area contributed by atoms with E-state index in [2.05, 4.69) is 35.5 Å². The Kier molecular flexibility index (Phi) is 32.2. The van der Waals surface area contributed by atoms with E-state index in [1.165, 1.54) is 115 Å². The number of hydrogen-bond acceptors (Lipinski definition) is 11. The van der Waals surface area contributed by atoms with E-state index >= 15 is 0 Å². The van der Waals surface area contributed by atoms with Crippen molar-refractivity contribution in [3.05, 3.63) is 24.3 Å². The van der Waals surface area contributed by atoms with Crippen molar-refractivity contribution >= 4 is 16.3 Å². The average Bonchev–Trinajstić information content (AvgIpc) is 3.18. The van der Waals surface area contributed by atoms with Gasteiger partial charge >= 0.3 is 10.4 Å². The van der Waals surface area contributed by atoms with Crippen LogP contribution in [0.3, 0.4) is 0 Å². The number of rotatable bonds is 37. The number of aliphatic hydroxyl groups is 5. The lowest BCUT2D eigenvalue weighted by atomic mass is 9.99. The maximum Gasteiger partial charge on any atom is 0.397 e. The molecule has 8 atom stereocenters. The molecule has 8 unspecified atom stereocenters. The van der Waals surface area contributed by atoms with Crippen molar-refractivity contribution in [3.8, 4) is 0 Å². The van der Waals surface area contributed by atoms with Crippen molar-refractivity contribution in [1.29, 1.82) is 0 Å². The molecule has 14 heteroatoms. The van der Waals surface area contributed by atoms with Crippen molar-refractivity contribution in [1.82, 2.24) is 5.32 Å². The van der Waals surface area contributed by atoms with Gasteiger partial charge in [-0.05, 0) is 44.9 Å². The largest absolute Gasteiger partial charge is 0.397 e. The highest BCUT2D eigenvalue weighted by Crippen LogP contribution is 2.26. The second kappa shape index (κ2) is 34.3. The third kappa shape index (κ3) is 27.1. The molecule has 0 aliphatic carbocycles. The molecule has 1 saturated heterocycles. The third-order valence-corrected chi connectivity index (χ3v) is 11.0. The molecule has 1 rings (SSSR count). The van der Waals surface area contributed by atoms with Crippen LogP contribution in [0, 0.1) is 0 Å². The maximum absolute atomic E-state index is 13.1. The fraction of sp³-hybridized carbons (Fsp3) is 0.884. The summed E-state index contributed by atoms with van der Waals surface area (Å²) in [4.78, 5) is 13.1. The van der Waals surface area contributed by atoms with Gasteiger partial charge in [0, 0.05) is 0 Å². The fourth-order valence-corrected chi connectivity index (χ4v) is 7.49. The van der Waals surface area contributed by atoms with Crippen LogP contribution in [-0.4, -0.2) is 107 Å². The topological polar surface area (TPSA) is 212 Å². The van der Waals surface area contributed by atoms with E-state index in [4.69, 9.17) is 14.0 Å². The van der Waals surface area contributed by atoms with Crippen LogP contribution >= 0.6 is 0 Å². The fourth-order valence-electron chi connectivity index (χ4n) is 6.98. The van der Waals surface area contributed by atoms with E-state index in [0.717, 1.165) is 38.5 Å². The van der Waals surface area contributed by atoms with E-state index < -0.39 is 78.5 Å². The number of hydrogen-bond donors (Lipinski definition) is 7. The molecule has 1 heterocycles. The molecule has 1 aliphatic heterocycles. The van der Waals surface area contributed by atoms with Crippen LogP contribution in [0.4, 0.5) is 0 Å². The van der Waals surface area contributed by atoms with Crippen LogP contribution in [-0.2, 0) is 28.9 Å². The molecule has 0 aromatic heterocycles. The molecule has 336 valence electrons. The highest BCUT2D eigenvalue weighted by atomic mass is 32.3. The van der Waals surface area contributed by atoms with Gasteiger partial charge in [0.2, 0.25) is 5.91 Å². The first-order valence-electron chi connectivity index (χ1n) is 22.3. The van der Waals surface area contributed by atoms with Crippen molar-refractivity contribution in [3.63, 3.8) is 0 Å². The molecule has 0 radical (unpaired) electrons. The van der Waals surface area contributed by atoms with Gasteiger partial charge in [0.1, 0.15) is 30.5 Å². The van der Waals surface area contributed by atoms with Crippen LogP contribution in [0.15, 0.2) is 24.3 Å². The summed E-state index contributed by atoms with van der Waals surface area (Å²) in [6, 6.07) is -1.12. The van der Waals surface area contributed by atoms with Crippen LogP contribution in [0.1, 0.15) is 181 Å². The van der Waals surface area contributed by atoms with Crippen LogP contribution in [0.2, 0.25) is 0 Å². The van der Waals surface area contributed by atoms with Crippen molar-refractivity contribution < 1.29 is 57.0 Å². The molecule has 13 nitrogen and oxygen atoms in total. The minimum Gasteiger partial charge on any atom is -0.394 e. The number of allylic oxidation sites excluding steroid dienone is 3. The van der Waals surface area contributed by atoms with Gasteiger partial charge in [-0.15, -0.1) is 0 Å². The second-order valence-electron chi connectivity index (χ2n) is 15.8. The molecular weight excluding hydrogens is 755 g/mol. The van der Waals surface area contributed by atoms with Gasteiger partial charge in [0.25, 0.3) is 0 Å². The first-order valence-corrected chi connectivity index (χ1v) is 23.7. The summed E-state index contributed by atoms with van der Waals surface area (Å²) in [6.45, 7) is 3.18. The summed E-state index contributed by atoms with van der Waals surface area (Å²) in [6.07, 6.45) is 25.5. The van der Waals surface area contributed by atoms with Gasteiger partial charge in [-0.25, -0.2) is 4.18 Å². The Hall–Kier alpha value is -1.46. The Morgan fingerprint density at radius 3 is 1.63 bits per heavy atom. The summed E-state index contributed by atoms with van der Waals surface area (Å²) in [5.41, 5.74) is 0. The van der Waals surface area contributed by atoms with Gasteiger partial charge in [-0.2, -0.15) is 8.42 Å². The molecule has 0 saturated carbocycles. The van der Waals surface area contributed by atoms with Crippen molar-refractivity contribution in [2.75, 3.05) is 13.2 Å². The molecule has 7 N–H and O–H groups in total. The molecule has 0 spiro atoms. The van der Waals surface area contributed by atoms with E-state index in [1.807, 2.05) is 6.08 Å². The number of amides is 1. The van der Waals surface area contributed by atoms with Gasteiger partial charge in [-0.3, -0.25) is 9.35 Å². The quantitative estimate of drug-likeness (QED) is 0.0189. The predicted molar refractivity (Wildman–Crippen MR) is 224 cm³/mol. The lowest BCUT2D eigenvalue weighted by Gasteiger charge is -2.41. The molecule has 0 aromatic rings. The first-order chi connectivity index (χ1) is 27.4. The number of ether oxygens (including phenoxy) is 2. The highest BCUT2D eigenvalue weighted by Gasteiger charge is 2.48. The average molecular weight is 836 g/mol. The number of carbonyl (C=O) groups excluding carboxylic acids is 1. The number of nitrogens with one attached hydrogen (secondary N) is 1. The molecule has 1 aliphatic rings. The summed E-state index contributed by atoms with van der Waals surface area (Å²) < 4.78 is 47.4. The summed E-state index contributed by atoms with van der Waals surface area (Å²) in [5, 5.41) is 55.1. The van der Waals surface area contributed by atoms with Gasteiger partial charge < -0.3 is 40.3 Å². The molecule has 1 fully saturated rings. The zero-order valence-electron chi connectivity index (χ0n) is 35.3. The van der Waals surface area contributed by atoms with E-state index in [-0.39, 0.29) is 6.42 Å². The Labute approximate surface area is 345 Å². The second-order valence-corrected chi connectivity index (χ2v) is 16.8. The molecule has 1 amide bonds. The summed E-state index contributed by atoms with van der Waals surface area (Å²) in [5.74, 6) is -0.719. The Bertz CT molecular complexity index is 1140. The van der Waals surface area contributed by atoms with Crippen molar-refractivity contribution in [2.45, 2.75) is 230 Å². The van der Waals surface area contributed by atoms with E-state index in [1.54, 1.807) is 0 Å². The maximum atomic E-state index is 13.1. The Morgan fingerprint density at radius 1 is 0.702 bits per heavy atom. The summed E-state index contributed by atoms with van der Waals surface area (Å²) >= 11 is 0. The number of unbranched alkanes of at least 4 members (excludes halogenated alkanes) is 22.